The number of nitrogens with one attached hydrogen (secondary N) is 1. The number of guanidine groups is 1. The van der Waals surface area contributed by atoms with Crippen LogP contribution in [0.2, 0.25) is 0 Å². The molecule has 1 aromatic rings. The Morgan fingerprint density at radius 1 is 1.24 bits per heavy atom. The van der Waals surface area contributed by atoms with E-state index in [1.165, 1.54) is 6.26 Å². The molecule has 1 aliphatic heterocycles. The van der Waals surface area contributed by atoms with E-state index in [-0.39, 0.29) is 0 Å². The number of nitrogens with zero attached hydrogens (tertiary/aromatic N) is 2. The smallest absolute Gasteiger partial charge is 0.194 e. The van der Waals surface area contributed by atoms with Crippen LogP contribution in [0, 0.1) is 0 Å². The maximum absolute atomic E-state index is 11.5. The minimum atomic E-state index is -3.15. The summed E-state index contributed by atoms with van der Waals surface area (Å²) in [5, 5.41) is 3.34. The molecule has 0 saturated carbocycles. The highest BCUT2D eigenvalue weighted by atomic mass is 32.2. The van der Waals surface area contributed by atoms with Gasteiger partial charge in [0.2, 0.25) is 0 Å². The van der Waals surface area contributed by atoms with Crippen LogP contribution in [0.25, 0.3) is 0 Å². The molecule has 6 nitrogen and oxygen atoms in total. The van der Waals surface area contributed by atoms with Gasteiger partial charge in [0.25, 0.3) is 0 Å². The van der Waals surface area contributed by atoms with E-state index >= 15 is 0 Å². The number of benzene rings is 1. The van der Waals surface area contributed by atoms with Crippen LogP contribution in [0.4, 0.5) is 0 Å². The summed E-state index contributed by atoms with van der Waals surface area (Å²) in [5.41, 5.74) is 0.993. The molecule has 0 aromatic heterocycles. The summed E-state index contributed by atoms with van der Waals surface area (Å²) >= 11 is 0. The summed E-state index contributed by atoms with van der Waals surface area (Å²) in [6, 6.07) is 6.93. The summed E-state index contributed by atoms with van der Waals surface area (Å²) in [4.78, 5) is 7.32. The highest BCUT2D eigenvalue weighted by Crippen LogP contribution is 2.15. The average molecular weight is 368 g/mol. The monoisotopic (exact) mass is 367 g/mol. The molecular weight excluding hydrogens is 338 g/mol. The lowest BCUT2D eigenvalue weighted by Gasteiger charge is -2.34. The van der Waals surface area contributed by atoms with Gasteiger partial charge in [0.15, 0.2) is 15.8 Å². The zero-order chi connectivity index (χ0) is 18.3. The van der Waals surface area contributed by atoms with Crippen molar-refractivity contribution >= 4 is 15.8 Å². The number of aliphatic imine (C=N–C) groups is 1. The van der Waals surface area contributed by atoms with Gasteiger partial charge in [-0.25, -0.2) is 13.4 Å². The van der Waals surface area contributed by atoms with E-state index in [0.29, 0.717) is 17.5 Å². The van der Waals surface area contributed by atoms with Crippen LogP contribution in [0.1, 0.15) is 32.3 Å². The van der Waals surface area contributed by atoms with Gasteiger partial charge in [-0.2, -0.15) is 0 Å². The quantitative estimate of drug-likeness (QED) is 0.615. The highest BCUT2D eigenvalue weighted by Gasteiger charge is 2.21. The van der Waals surface area contributed by atoms with E-state index in [9.17, 15) is 8.42 Å². The molecule has 25 heavy (non-hydrogen) atoms. The van der Waals surface area contributed by atoms with E-state index in [0.717, 1.165) is 50.6 Å². The lowest BCUT2D eigenvalue weighted by atomic mass is 10.1. The third-order valence-electron chi connectivity index (χ3n) is 4.24. The topological polar surface area (TPSA) is 71.0 Å². The summed E-state index contributed by atoms with van der Waals surface area (Å²) in [5.74, 6) is 0.907. The summed E-state index contributed by atoms with van der Waals surface area (Å²) in [6.07, 6.45) is 3.60. The van der Waals surface area contributed by atoms with E-state index < -0.39 is 9.84 Å². The third kappa shape index (κ3) is 6.01. The fraction of sp³-hybridized carbons (Fsp3) is 0.611. The zero-order valence-corrected chi connectivity index (χ0v) is 16.2. The highest BCUT2D eigenvalue weighted by molar-refractivity contribution is 7.90. The fourth-order valence-corrected chi connectivity index (χ4v) is 3.53. The van der Waals surface area contributed by atoms with Gasteiger partial charge in [-0.3, -0.25) is 0 Å². The van der Waals surface area contributed by atoms with Crippen molar-refractivity contribution in [2.45, 2.75) is 44.2 Å². The summed E-state index contributed by atoms with van der Waals surface area (Å²) in [7, 11) is -3.15. The van der Waals surface area contributed by atoms with Crippen molar-refractivity contribution < 1.29 is 13.2 Å². The van der Waals surface area contributed by atoms with Gasteiger partial charge >= 0.3 is 0 Å². The number of piperidine rings is 1. The molecule has 0 radical (unpaired) electrons. The number of hydrogen-bond acceptors (Lipinski definition) is 4. The van der Waals surface area contributed by atoms with Crippen molar-refractivity contribution in [2.24, 2.45) is 4.99 Å². The van der Waals surface area contributed by atoms with Gasteiger partial charge in [0.1, 0.15) is 0 Å². The standard InChI is InChI=1S/C18H29N3O3S/c1-4-19-18(21-12-10-16(11-13-21)24-5-2)20-14-15-6-8-17(9-7-15)25(3,22)23/h6-9,16H,4-5,10-14H2,1-3H3,(H,19,20). The van der Waals surface area contributed by atoms with Gasteiger partial charge < -0.3 is 15.0 Å². The predicted molar refractivity (Wildman–Crippen MR) is 101 cm³/mol. The molecule has 1 aliphatic rings. The van der Waals surface area contributed by atoms with Gasteiger partial charge in [-0.05, 0) is 44.4 Å². The van der Waals surface area contributed by atoms with E-state index in [4.69, 9.17) is 9.73 Å². The van der Waals surface area contributed by atoms with Gasteiger partial charge in [0.05, 0.1) is 17.5 Å². The maximum atomic E-state index is 11.5. The van der Waals surface area contributed by atoms with E-state index in [1.807, 2.05) is 19.1 Å². The molecule has 1 fully saturated rings. The molecule has 140 valence electrons. The van der Waals surface area contributed by atoms with Crippen LogP contribution in [-0.2, 0) is 21.1 Å². The summed E-state index contributed by atoms with van der Waals surface area (Å²) < 4.78 is 28.7. The van der Waals surface area contributed by atoms with Gasteiger partial charge in [-0.15, -0.1) is 0 Å². The van der Waals surface area contributed by atoms with Crippen LogP contribution in [-0.4, -0.2) is 57.9 Å². The molecule has 1 heterocycles. The Balaban J connectivity index is 2.00. The first-order valence-corrected chi connectivity index (χ1v) is 10.8. The minimum Gasteiger partial charge on any atom is -0.378 e. The number of likely N-dealkylation sites (tertiary alicyclic amines) is 1. The molecule has 0 aliphatic carbocycles. The predicted octanol–water partition coefficient (Wildman–Crippen LogP) is 2.06. The molecule has 1 aromatic carbocycles. The lowest BCUT2D eigenvalue weighted by molar-refractivity contribution is 0.0263. The molecule has 1 saturated heterocycles. The Kier molecular flexibility index (Phi) is 7.25. The molecule has 0 unspecified atom stereocenters. The van der Waals surface area contributed by atoms with Gasteiger partial charge in [0, 0.05) is 32.5 Å². The Labute approximate surface area is 151 Å². The second kappa shape index (κ2) is 9.20. The van der Waals surface area contributed by atoms with E-state index in [1.54, 1.807) is 12.1 Å². The zero-order valence-electron chi connectivity index (χ0n) is 15.4. The first-order valence-electron chi connectivity index (χ1n) is 8.88. The van der Waals surface area contributed by atoms with Crippen LogP contribution < -0.4 is 5.32 Å². The van der Waals surface area contributed by atoms with Crippen molar-refractivity contribution in [2.75, 3.05) is 32.5 Å². The number of sulfone groups is 1. The Morgan fingerprint density at radius 3 is 2.40 bits per heavy atom. The van der Waals surface area contributed by atoms with Crippen LogP contribution in [0.15, 0.2) is 34.2 Å². The molecule has 0 amide bonds. The first-order chi connectivity index (χ1) is 11.9. The number of ether oxygens (including phenoxy) is 1. The maximum Gasteiger partial charge on any atom is 0.194 e. The molecular formula is C18H29N3O3S. The van der Waals surface area contributed by atoms with Crippen molar-refractivity contribution in [3.63, 3.8) is 0 Å². The molecule has 0 bridgehead atoms. The fourth-order valence-electron chi connectivity index (χ4n) is 2.90. The van der Waals surface area contributed by atoms with Crippen molar-refractivity contribution in [1.82, 2.24) is 10.2 Å². The number of rotatable bonds is 6. The Morgan fingerprint density at radius 2 is 1.88 bits per heavy atom. The second-order valence-electron chi connectivity index (χ2n) is 6.23. The third-order valence-corrected chi connectivity index (χ3v) is 5.37. The molecule has 2 rings (SSSR count). The van der Waals surface area contributed by atoms with Crippen LogP contribution in [0.5, 0.6) is 0 Å². The average Bonchev–Trinajstić information content (AvgIpc) is 2.59. The van der Waals surface area contributed by atoms with E-state index in [2.05, 4.69) is 17.1 Å². The molecule has 7 heteroatoms. The Bertz CT molecular complexity index is 663. The normalized spacial score (nSPS) is 16.9. The van der Waals surface area contributed by atoms with Crippen molar-refractivity contribution in [3.05, 3.63) is 29.8 Å². The number of hydrogen-bond donors (Lipinski definition) is 1. The first kappa shape index (κ1) is 19.7. The largest absolute Gasteiger partial charge is 0.378 e. The van der Waals surface area contributed by atoms with Crippen molar-refractivity contribution in [1.29, 1.82) is 0 Å². The second-order valence-corrected chi connectivity index (χ2v) is 8.24. The van der Waals surface area contributed by atoms with Crippen molar-refractivity contribution in [3.8, 4) is 0 Å². The van der Waals surface area contributed by atoms with Crippen LogP contribution >= 0.6 is 0 Å². The molecule has 0 atom stereocenters. The van der Waals surface area contributed by atoms with Crippen LogP contribution in [0.3, 0.4) is 0 Å². The summed E-state index contributed by atoms with van der Waals surface area (Å²) in [6.45, 7) is 8.07. The minimum absolute atomic E-state index is 0.338. The molecule has 1 N–H and O–H groups in total. The SMILES string of the molecule is CCNC(=NCc1ccc(S(C)(=O)=O)cc1)N1CCC(OCC)CC1. The van der Waals surface area contributed by atoms with Gasteiger partial charge in [-0.1, -0.05) is 12.1 Å². The Hall–Kier alpha value is -1.60. The molecule has 0 spiro atoms. The lowest BCUT2D eigenvalue weighted by Crippen LogP contribution is -2.47.